The van der Waals surface area contributed by atoms with Crippen LogP contribution in [0.4, 0.5) is 0 Å². The van der Waals surface area contributed by atoms with E-state index in [1.807, 2.05) is 32.0 Å². The summed E-state index contributed by atoms with van der Waals surface area (Å²) in [6, 6.07) is 10.3. The molecule has 0 heterocycles. The Kier molecular flexibility index (Phi) is 6.98. The summed E-state index contributed by atoms with van der Waals surface area (Å²) in [6.07, 6.45) is -0.0626. The highest BCUT2D eigenvalue weighted by atomic mass is 35.5. The fraction of sp³-hybridized carbons (Fsp3) is 0.286. The van der Waals surface area contributed by atoms with Gasteiger partial charge in [-0.1, -0.05) is 23.7 Å². The van der Waals surface area contributed by atoms with E-state index >= 15 is 0 Å². The van der Waals surface area contributed by atoms with Crippen LogP contribution in [0, 0.1) is 25.2 Å². The highest BCUT2D eigenvalue weighted by Crippen LogP contribution is 2.36. The van der Waals surface area contributed by atoms with Gasteiger partial charge in [0.2, 0.25) is 0 Å². The van der Waals surface area contributed by atoms with Crippen LogP contribution in [0.3, 0.4) is 0 Å². The molecule has 0 bridgehead atoms. The molecule has 0 saturated heterocycles. The number of nitrogens with zero attached hydrogens (tertiary/aromatic N) is 1. The van der Waals surface area contributed by atoms with Crippen molar-refractivity contribution in [2.45, 2.75) is 33.6 Å². The largest absolute Gasteiger partial charge is 0.490 e. The Balaban J connectivity index is 2.06. The molecule has 0 aromatic heterocycles. The van der Waals surface area contributed by atoms with Crippen LogP contribution in [-0.2, 0) is 4.79 Å². The van der Waals surface area contributed by atoms with Gasteiger partial charge in [0, 0.05) is 18.1 Å². The molecule has 0 aliphatic rings. The second-order valence-electron chi connectivity index (χ2n) is 6.03. The van der Waals surface area contributed by atoms with E-state index in [9.17, 15) is 9.59 Å². The third kappa shape index (κ3) is 5.32. The van der Waals surface area contributed by atoms with Gasteiger partial charge in [0.15, 0.2) is 17.3 Å². The zero-order valence-electron chi connectivity index (χ0n) is 15.5. The van der Waals surface area contributed by atoms with Crippen molar-refractivity contribution in [3.05, 3.63) is 57.6 Å². The molecule has 0 fully saturated rings. The molecule has 2 aromatic rings. The Labute approximate surface area is 163 Å². The maximum Gasteiger partial charge on any atom is 0.311 e. The van der Waals surface area contributed by atoms with E-state index in [0.717, 1.165) is 11.1 Å². The molecule has 140 valence electrons. The van der Waals surface area contributed by atoms with Gasteiger partial charge in [0.1, 0.15) is 0 Å². The lowest BCUT2D eigenvalue weighted by atomic mass is 10.0. The Bertz CT molecular complexity index is 915. The second kappa shape index (κ2) is 9.20. The molecule has 0 spiro atoms. The van der Waals surface area contributed by atoms with Crippen LogP contribution in [-0.4, -0.2) is 18.4 Å². The van der Waals surface area contributed by atoms with E-state index in [2.05, 4.69) is 0 Å². The molecule has 27 heavy (non-hydrogen) atoms. The summed E-state index contributed by atoms with van der Waals surface area (Å²) >= 11 is 6.11. The third-order valence-corrected chi connectivity index (χ3v) is 4.32. The molecule has 6 heteroatoms. The van der Waals surface area contributed by atoms with Gasteiger partial charge in [-0.05, 0) is 44.0 Å². The number of aryl methyl sites for hydroxylation is 2. The van der Waals surface area contributed by atoms with Crippen molar-refractivity contribution in [3.63, 3.8) is 0 Å². The summed E-state index contributed by atoms with van der Waals surface area (Å²) in [6.45, 7) is 5.99. The number of carbonyl (C=O) groups is 2. The van der Waals surface area contributed by atoms with Crippen molar-refractivity contribution >= 4 is 23.4 Å². The van der Waals surface area contributed by atoms with E-state index in [0.29, 0.717) is 17.7 Å². The Morgan fingerprint density at radius 3 is 2.48 bits per heavy atom. The predicted molar refractivity (Wildman–Crippen MR) is 102 cm³/mol. The predicted octanol–water partition coefficient (Wildman–Crippen LogP) is 4.80. The number of carbonyl (C=O) groups excluding carboxylic acids is 2. The van der Waals surface area contributed by atoms with E-state index in [1.165, 1.54) is 12.1 Å². The van der Waals surface area contributed by atoms with Crippen LogP contribution in [0.15, 0.2) is 30.3 Å². The third-order valence-electron chi connectivity index (χ3n) is 4.04. The fourth-order valence-electron chi connectivity index (χ4n) is 2.43. The van der Waals surface area contributed by atoms with Crippen molar-refractivity contribution in [1.29, 1.82) is 5.26 Å². The van der Waals surface area contributed by atoms with Gasteiger partial charge in [-0.15, -0.1) is 0 Å². The number of halogens is 1. The minimum absolute atomic E-state index is 0.0270. The highest BCUT2D eigenvalue weighted by Gasteiger charge is 2.18. The van der Waals surface area contributed by atoms with Crippen LogP contribution in [0.2, 0.25) is 5.02 Å². The maximum atomic E-state index is 12.3. The van der Waals surface area contributed by atoms with Crippen molar-refractivity contribution in [2.24, 2.45) is 0 Å². The first-order chi connectivity index (χ1) is 12.8. The summed E-state index contributed by atoms with van der Waals surface area (Å²) in [5, 5.41) is 9.11. The molecular weight excluding hydrogens is 366 g/mol. The van der Waals surface area contributed by atoms with Crippen LogP contribution in [0.1, 0.15) is 46.8 Å². The molecule has 0 saturated carbocycles. The molecule has 0 unspecified atom stereocenters. The average Bonchev–Trinajstić information content (AvgIpc) is 2.64. The van der Waals surface area contributed by atoms with Crippen LogP contribution < -0.4 is 9.47 Å². The monoisotopic (exact) mass is 385 g/mol. The number of Topliss-reactive ketones (excluding diaryl/α,β-unsaturated/α-hetero) is 1. The van der Waals surface area contributed by atoms with Gasteiger partial charge in [-0.2, -0.15) is 5.26 Å². The molecule has 0 amide bonds. The van der Waals surface area contributed by atoms with Crippen molar-refractivity contribution in [1.82, 2.24) is 0 Å². The average molecular weight is 386 g/mol. The minimum Gasteiger partial charge on any atom is -0.490 e. The minimum atomic E-state index is -0.597. The summed E-state index contributed by atoms with van der Waals surface area (Å²) in [5.41, 5.74) is 2.99. The quantitative estimate of drug-likeness (QED) is 0.389. The first kappa shape index (κ1) is 20.5. The van der Waals surface area contributed by atoms with E-state index < -0.39 is 5.97 Å². The zero-order valence-corrected chi connectivity index (χ0v) is 16.2. The molecule has 0 N–H and O–H groups in total. The lowest BCUT2D eigenvalue weighted by molar-refractivity contribution is -0.134. The van der Waals surface area contributed by atoms with E-state index in [-0.39, 0.29) is 35.1 Å². The van der Waals surface area contributed by atoms with E-state index in [1.54, 1.807) is 13.0 Å². The summed E-state index contributed by atoms with van der Waals surface area (Å²) in [5.74, 6) is -0.456. The maximum absolute atomic E-state index is 12.3. The summed E-state index contributed by atoms with van der Waals surface area (Å²) in [4.78, 5) is 24.5. The van der Waals surface area contributed by atoms with Gasteiger partial charge < -0.3 is 9.47 Å². The number of benzene rings is 2. The van der Waals surface area contributed by atoms with Gasteiger partial charge >= 0.3 is 5.97 Å². The summed E-state index contributed by atoms with van der Waals surface area (Å²) in [7, 11) is 0. The molecule has 5 nitrogen and oxygen atoms in total. The zero-order chi connectivity index (χ0) is 20.0. The van der Waals surface area contributed by atoms with Gasteiger partial charge in [-0.25, -0.2) is 0 Å². The van der Waals surface area contributed by atoms with Crippen LogP contribution in [0.5, 0.6) is 11.5 Å². The normalized spacial score (nSPS) is 10.2. The first-order valence-corrected chi connectivity index (χ1v) is 8.91. The molecular formula is C21H20ClNO4. The van der Waals surface area contributed by atoms with Gasteiger partial charge in [-0.3, -0.25) is 9.59 Å². The first-order valence-electron chi connectivity index (χ1n) is 8.53. The Morgan fingerprint density at radius 1 is 1.11 bits per heavy atom. The number of hydrogen-bond acceptors (Lipinski definition) is 5. The number of esters is 1. The number of hydrogen-bond donors (Lipinski definition) is 0. The molecule has 2 rings (SSSR count). The highest BCUT2D eigenvalue weighted by molar-refractivity contribution is 6.32. The topological polar surface area (TPSA) is 76.4 Å². The number of ether oxygens (including phenoxy) is 2. The number of ketones is 1. The standard InChI is InChI=1S/C21H20ClNO4/c1-4-26-19-11-15(12-23)10-17(22)21(19)27-20(25)8-7-18(24)16-6-5-13(2)14(3)9-16/h5-6,9-11H,4,7-8H2,1-3H3. The smallest absolute Gasteiger partial charge is 0.311 e. The van der Waals surface area contributed by atoms with Gasteiger partial charge in [0.05, 0.1) is 29.7 Å². The number of rotatable bonds is 7. The van der Waals surface area contributed by atoms with Crippen molar-refractivity contribution in [3.8, 4) is 17.6 Å². The summed E-state index contributed by atoms with van der Waals surface area (Å²) < 4.78 is 10.7. The van der Waals surface area contributed by atoms with Crippen molar-refractivity contribution < 1.29 is 19.1 Å². The van der Waals surface area contributed by atoms with Crippen LogP contribution in [0.25, 0.3) is 0 Å². The lowest BCUT2D eigenvalue weighted by Crippen LogP contribution is -2.12. The lowest BCUT2D eigenvalue weighted by Gasteiger charge is -2.12. The fourth-order valence-corrected chi connectivity index (χ4v) is 2.68. The second-order valence-corrected chi connectivity index (χ2v) is 6.43. The van der Waals surface area contributed by atoms with Gasteiger partial charge in [0.25, 0.3) is 0 Å². The SMILES string of the molecule is CCOc1cc(C#N)cc(Cl)c1OC(=O)CCC(=O)c1ccc(C)c(C)c1. The molecule has 0 aliphatic heterocycles. The number of nitriles is 1. The Hall–Kier alpha value is -2.84. The molecule has 0 aliphatic carbocycles. The van der Waals surface area contributed by atoms with Crippen molar-refractivity contribution in [2.75, 3.05) is 6.61 Å². The molecule has 0 atom stereocenters. The Morgan fingerprint density at radius 2 is 1.85 bits per heavy atom. The molecule has 0 radical (unpaired) electrons. The van der Waals surface area contributed by atoms with E-state index in [4.69, 9.17) is 26.3 Å². The van der Waals surface area contributed by atoms with Crippen LogP contribution >= 0.6 is 11.6 Å². The molecule has 2 aromatic carbocycles.